The molecule has 1 aliphatic carbocycles. The molecule has 0 radical (unpaired) electrons. The molecular weight excluding hydrogens is 209 g/mol. The number of nitrogens with one attached hydrogen (secondary N) is 2. The third-order valence-electron chi connectivity index (χ3n) is 2.25. The van der Waals surface area contributed by atoms with Gasteiger partial charge in [-0.3, -0.25) is 4.79 Å². The maximum atomic E-state index is 12.4. The molecule has 2 N–H and O–H groups in total. The van der Waals surface area contributed by atoms with Crippen molar-refractivity contribution >= 4 is 5.91 Å². The van der Waals surface area contributed by atoms with Crippen molar-refractivity contribution in [1.29, 1.82) is 0 Å². The maximum absolute atomic E-state index is 12.4. The Hall–Kier alpha value is -1.04. The standard InChI is InChI=1S/C9H13F3N2O/c1-2-5-13-6-7(15)14-8(3-4-8)9(10,11)12/h2,13H,1,3-6H2,(H,14,15). The van der Waals surface area contributed by atoms with Gasteiger partial charge in [0.1, 0.15) is 5.54 Å². The second kappa shape index (κ2) is 4.22. The van der Waals surface area contributed by atoms with Crippen LogP contribution in [0.3, 0.4) is 0 Å². The summed E-state index contributed by atoms with van der Waals surface area (Å²) in [5.74, 6) is -0.633. The van der Waals surface area contributed by atoms with Crippen molar-refractivity contribution in [3.63, 3.8) is 0 Å². The first kappa shape index (κ1) is 12.0. The summed E-state index contributed by atoms with van der Waals surface area (Å²) >= 11 is 0. The first-order chi connectivity index (χ1) is 6.91. The fraction of sp³-hybridized carbons (Fsp3) is 0.667. The van der Waals surface area contributed by atoms with Gasteiger partial charge in [-0.2, -0.15) is 13.2 Å². The van der Waals surface area contributed by atoms with Gasteiger partial charge in [0.2, 0.25) is 5.91 Å². The zero-order chi connectivity index (χ0) is 11.5. The summed E-state index contributed by atoms with van der Waals surface area (Å²) in [4.78, 5) is 11.1. The zero-order valence-electron chi connectivity index (χ0n) is 8.16. The van der Waals surface area contributed by atoms with Crippen LogP contribution in [-0.2, 0) is 4.79 Å². The predicted octanol–water partition coefficient (Wildman–Crippen LogP) is 0.973. The van der Waals surface area contributed by atoms with Crippen LogP contribution in [0.15, 0.2) is 12.7 Å². The van der Waals surface area contributed by atoms with Gasteiger partial charge in [-0.25, -0.2) is 0 Å². The minimum Gasteiger partial charge on any atom is -0.341 e. The molecule has 0 aromatic carbocycles. The Balaban J connectivity index is 2.35. The third kappa shape index (κ3) is 2.95. The smallest absolute Gasteiger partial charge is 0.341 e. The number of halogens is 3. The quantitative estimate of drug-likeness (QED) is 0.537. The van der Waals surface area contributed by atoms with Crippen molar-refractivity contribution in [3.05, 3.63) is 12.7 Å². The lowest BCUT2D eigenvalue weighted by molar-refractivity contribution is -0.170. The van der Waals surface area contributed by atoms with E-state index in [9.17, 15) is 18.0 Å². The molecule has 0 atom stereocenters. The number of rotatable bonds is 5. The highest BCUT2D eigenvalue weighted by atomic mass is 19.4. The van der Waals surface area contributed by atoms with Gasteiger partial charge in [0.05, 0.1) is 6.54 Å². The molecule has 1 saturated carbocycles. The first-order valence-corrected chi connectivity index (χ1v) is 4.61. The highest BCUT2D eigenvalue weighted by Gasteiger charge is 2.64. The molecule has 1 rings (SSSR count). The molecule has 3 nitrogen and oxygen atoms in total. The van der Waals surface area contributed by atoms with Crippen LogP contribution in [0.2, 0.25) is 0 Å². The summed E-state index contributed by atoms with van der Waals surface area (Å²) in [5.41, 5.74) is -1.96. The molecule has 0 saturated heterocycles. The number of carbonyl (C=O) groups excluding carboxylic acids is 1. The Morgan fingerprint density at radius 3 is 2.47 bits per heavy atom. The fourth-order valence-corrected chi connectivity index (χ4v) is 1.20. The third-order valence-corrected chi connectivity index (χ3v) is 2.25. The molecule has 0 heterocycles. The molecule has 15 heavy (non-hydrogen) atoms. The molecule has 0 aromatic rings. The van der Waals surface area contributed by atoms with Crippen LogP contribution < -0.4 is 10.6 Å². The van der Waals surface area contributed by atoms with E-state index < -0.39 is 17.6 Å². The molecule has 6 heteroatoms. The van der Waals surface area contributed by atoms with Gasteiger partial charge in [0, 0.05) is 6.54 Å². The summed E-state index contributed by atoms with van der Waals surface area (Å²) in [7, 11) is 0. The second-order valence-corrected chi connectivity index (χ2v) is 3.55. The normalized spacial score (nSPS) is 18.3. The molecule has 1 fully saturated rings. The monoisotopic (exact) mass is 222 g/mol. The lowest BCUT2D eigenvalue weighted by Gasteiger charge is -2.20. The van der Waals surface area contributed by atoms with Crippen molar-refractivity contribution in [3.8, 4) is 0 Å². The Labute approximate surface area is 85.7 Å². The second-order valence-electron chi connectivity index (χ2n) is 3.55. The summed E-state index contributed by atoms with van der Waals surface area (Å²) in [6.07, 6.45) is -2.86. The van der Waals surface area contributed by atoms with Crippen LogP contribution >= 0.6 is 0 Å². The minimum absolute atomic E-state index is 0.0241. The summed E-state index contributed by atoms with van der Waals surface area (Å²) in [5, 5.41) is 4.64. The highest BCUT2D eigenvalue weighted by molar-refractivity contribution is 5.79. The van der Waals surface area contributed by atoms with E-state index in [-0.39, 0.29) is 19.4 Å². The molecule has 0 spiro atoms. The average Bonchev–Trinajstić information content (AvgIpc) is 2.84. The summed E-state index contributed by atoms with van der Waals surface area (Å²) in [6, 6.07) is 0. The van der Waals surface area contributed by atoms with Gasteiger partial charge < -0.3 is 10.6 Å². The number of amides is 1. The van der Waals surface area contributed by atoms with Crippen LogP contribution in [0.1, 0.15) is 12.8 Å². The van der Waals surface area contributed by atoms with Crippen LogP contribution in [0, 0.1) is 0 Å². The molecule has 0 unspecified atom stereocenters. The van der Waals surface area contributed by atoms with Gasteiger partial charge in [0.15, 0.2) is 0 Å². The van der Waals surface area contributed by atoms with Crippen molar-refractivity contribution in [2.45, 2.75) is 24.6 Å². The van der Waals surface area contributed by atoms with Crippen molar-refractivity contribution < 1.29 is 18.0 Å². The van der Waals surface area contributed by atoms with Gasteiger partial charge in [-0.1, -0.05) is 6.08 Å². The number of hydrogen-bond donors (Lipinski definition) is 2. The fourth-order valence-electron chi connectivity index (χ4n) is 1.20. The minimum atomic E-state index is -4.35. The van der Waals surface area contributed by atoms with Crippen LogP contribution in [-0.4, -0.2) is 30.7 Å². The van der Waals surface area contributed by atoms with Crippen molar-refractivity contribution in [2.24, 2.45) is 0 Å². The van der Waals surface area contributed by atoms with E-state index in [1.807, 2.05) is 5.32 Å². The number of carbonyl (C=O) groups is 1. The average molecular weight is 222 g/mol. The summed E-state index contributed by atoms with van der Waals surface area (Å²) in [6.45, 7) is 3.68. The lowest BCUT2D eigenvalue weighted by Crippen LogP contribution is -2.50. The first-order valence-electron chi connectivity index (χ1n) is 4.61. The van der Waals surface area contributed by atoms with E-state index in [1.165, 1.54) is 6.08 Å². The number of hydrogen-bond acceptors (Lipinski definition) is 2. The summed E-state index contributed by atoms with van der Waals surface area (Å²) < 4.78 is 37.2. The molecule has 0 aliphatic heterocycles. The van der Waals surface area contributed by atoms with Crippen LogP contribution in [0.25, 0.3) is 0 Å². The van der Waals surface area contributed by atoms with Crippen LogP contribution in [0.5, 0.6) is 0 Å². The van der Waals surface area contributed by atoms with E-state index in [0.717, 1.165) is 0 Å². The van der Waals surface area contributed by atoms with Crippen LogP contribution in [0.4, 0.5) is 13.2 Å². The molecule has 1 aliphatic rings. The predicted molar refractivity (Wildman–Crippen MR) is 49.2 cm³/mol. The maximum Gasteiger partial charge on any atom is 0.411 e. The van der Waals surface area contributed by atoms with E-state index >= 15 is 0 Å². The number of alkyl halides is 3. The lowest BCUT2D eigenvalue weighted by atomic mass is 10.2. The van der Waals surface area contributed by atoms with E-state index in [4.69, 9.17) is 0 Å². The Morgan fingerprint density at radius 2 is 2.07 bits per heavy atom. The molecule has 86 valence electrons. The Bertz CT molecular complexity index is 259. The van der Waals surface area contributed by atoms with E-state index in [0.29, 0.717) is 6.54 Å². The topological polar surface area (TPSA) is 41.1 Å². The molecule has 0 aromatic heterocycles. The van der Waals surface area contributed by atoms with E-state index in [2.05, 4.69) is 11.9 Å². The van der Waals surface area contributed by atoms with Crippen molar-refractivity contribution in [1.82, 2.24) is 10.6 Å². The largest absolute Gasteiger partial charge is 0.411 e. The van der Waals surface area contributed by atoms with Gasteiger partial charge in [-0.15, -0.1) is 6.58 Å². The van der Waals surface area contributed by atoms with Gasteiger partial charge >= 0.3 is 6.18 Å². The molecular formula is C9H13F3N2O. The Morgan fingerprint density at radius 1 is 1.47 bits per heavy atom. The van der Waals surface area contributed by atoms with Gasteiger partial charge in [0.25, 0.3) is 0 Å². The molecule has 1 amide bonds. The Kier molecular flexibility index (Phi) is 3.38. The zero-order valence-corrected chi connectivity index (χ0v) is 8.16. The van der Waals surface area contributed by atoms with E-state index in [1.54, 1.807) is 0 Å². The highest BCUT2D eigenvalue weighted by Crippen LogP contribution is 2.48. The van der Waals surface area contributed by atoms with Crippen molar-refractivity contribution in [2.75, 3.05) is 13.1 Å². The SMILES string of the molecule is C=CCNCC(=O)NC1(C(F)(F)F)CC1. The van der Waals surface area contributed by atoms with Gasteiger partial charge in [-0.05, 0) is 12.8 Å². The molecule has 0 bridgehead atoms.